The SMILES string of the molecule is Cc1cccc(N2CCN(C(=O)CN3CC[C@@H](C(=O)Nc4ccc(O)c(Cl)c4)C3)CC2)c1. The van der Waals surface area contributed by atoms with Crippen LogP contribution in [0.2, 0.25) is 5.02 Å². The van der Waals surface area contributed by atoms with Crippen molar-refractivity contribution in [2.75, 3.05) is 56.0 Å². The molecule has 170 valence electrons. The minimum atomic E-state index is -0.173. The fraction of sp³-hybridized carbons (Fsp3) is 0.417. The van der Waals surface area contributed by atoms with E-state index < -0.39 is 0 Å². The van der Waals surface area contributed by atoms with Gasteiger partial charge in [-0.05, 0) is 55.8 Å². The van der Waals surface area contributed by atoms with Gasteiger partial charge in [-0.1, -0.05) is 23.7 Å². The molecule has 32 heavy (non-hydrogen) atoms. The molecule has 0 spiro atoms. The number of nitrogens with zero attached hydrogens (tertiary/aromatic N) is 3. The Balaban J connectivity index is 1.23. The van der Waals surface area contributed by atoms with Crippen molar-refractivity contribution in [2.24, 2.45) is 5.92 Å². The first kappa shape index (κ1) is 22.4. The molecule has 2 heterocycles. The zero-order valence-corrected chi connectivity index (χ0v) is 19.0. The van der Waals surface area contributed by atoms with E-state index in [9.17, 15) is 14.7 Å². The normalized spacial score (nSPS) is 19.2. The molecule has 2 aliphatic rings. The number of hydrogen-bond donors (Lipinski definition) is 2. The van der Waals surface area contributed by atoms with Crippen LogP contribution in [0.1, 0.15) is 12.0 Å². The number of rotatable bonds is 5. The number of benzene rings is 2. The molecule has 2 aromatic carbocycles. The average Bonchev–Trinajstić information content (AvgIpc) is 3.25. The van der Waals surface area contributed by atoms with E-state index in [1.165, 1.54) is 23.4 Å². The van der Waals surface area contributed by atoms with Crippen LogP contribution in [0.15, 0.2) is 42.5 Å². The van der Waals surface area contributed by atoms with Crippen molar-refractivity contribution in [3.05, 3.63) is 53.1 Å². The Bertz CT molecular complexity index is 991. The van der Waals surface area contributed by atoms with Gasteiger partial charge in [0.1, 0.15) is 5.75 Å². The van der Waals surface area contributed by atoms with Crippen molar-refractivity contribution >= 4 is 34.8 Å². The van der Waals surface area contributed by atoms with Crippen molar-refractivity contribution in [2.45, 2.75) is 13.3 Å². The molecule has 0 radical (unpaired) electrons. The van der Waals surface area contributed by atoms with Crippen LogP contribution in [0, 0.1) is 12.8 Å². The number of carbonyl (C=O) groups excluding carboxylic acids is 2. The van der Waals surface area contributed by atoms with E-state index in [4.69, 9.17) is 11.6 Å². The molecule has 2 amide bonds. The first-order valence-corrected chi connectivity index (χ1v) is 11.4. The van der Waals surface area contributed by atoms with E-state index in [1.54, 1.807) is 6.07 Å². The lowest BCUT2D eigenvalue weighted by molar-refractivity contribution is -0.132. The van der Waals surface area contributed by atoms with Gasteiger partial charge in [-0.3, -0.25) is 14.5 Å². The highest BCUT2D eigenvalue weighted by molar-refractivity contribution is 6.32. The number of hydrogen-bond acceptors (Lipinski definition) is 5. The van der Waals surface area contributed by atoms with Gasteiger partial charge in [0.2, 0.25) is 11.8 Å². The van der Waals surface area contributed by atoms with E-state index in [0.717, 1.165) is 19.6 Å². The molecule has 2 aliphatic heterocycles. The Labute approximate surface area is 193 Å². The first-order valence-electron chi connectivity index (χ1n) is 11.0. The Morgan fingerprint density at radius 2 is 1.88 bits per heavy atom. The van der Waals surface area contributed by atoms with Crippen LogP contribution in [0.3, 0.4) is 0 Å². The van der Waals surface area contributed by atoms with E-state index in [2.05, 4.69) is 46.3 Å². The standard InChI is InChI=1S/C24H29ClN4O3/c1-17-3-2-4-20(13-17)28-9-11-29(12-10-28)23(31)16-27-8-7-18(15-27)24(32)26-19-5-6-22(30)21(25)14-19/h2-6,13-14,18,30H,7-12,15-16H2,1H3,(H,26,32)/t18-/m1/s1. The minimum absolute atomic E-state index is 0.0186. The van der Waals surface area contributed by atoms with Crippen LogP contribution < -0.4 is 10.2 Å². The van der Waals surface area contributed by atoms with Crippen molar-refractivity contribution in [3.63, 3.8) is 0 Å². The molecule has 0 saturated carbocycles. The van der Waals surface area contributed by atoms with E-state index in [1.807, 2.05) is 4.90 Å². The number of anilines is 2. The highest BCUT2D eigenvalue weighted by atomic mass is 35.5. The second kappa shape index (κ2) is 9.79. The number of aromatic hydroxyl groups is 1. The molecule has 0 aliphatic carbocycles. The molecule has 2 aromatic rings. The average molecular weight is 457 g/mol. The Kier molecular flexibility index (Phi) is 6.86. The van der Waals surface area contributed by atoms with Gasteiger partial charge in [-0.2, -0.15) is 0 Å². The molecule has 2 fully saturated rings. The number of aryl methyl sites for hydroxylation is 1. The van der Waals surface area contributed by atoms with Crippen molar-refractivity contribution in [3.8, 4) is 5.75 Å². The third-order valence-corrected chi connectivity index (χ3v) is 6.52. The maximum atomic E-state index is 12.8. The summed E-state index contributed by atoms with van der Waals surface area (Å²) in [5.41, 5.74) is 3.00. The molecule has 2 saturated heterocycles. The maximum Gasteiger partial charge on any atom is 0.236 e. The van der Waals surface area contributed by atoms with Crippen molar-refractivity contribution < 1.29 is 14.7 Å². The van der Waals surface area contributed by atoms with Gasteiger partial charge in [0.15, 0.2) is 0 Å². The zero-order chi connectivity index (χ0) is 22.7. The quantitative estimate of drug-likeness (QED) is 0.676. The van der Waals surface area contributed by atoms with Gasteiger partial charge >= 0.3 is 0 Å². The predicted molar refractivity (Wildman–Crippen MR) is 126 cm³/mol. The van der Waals surface area contributed by atoms with Gasteiger partial charge in [-0.15, -0.1) is 0 Å². The minimum Gasteiger partial charge on any atom is -0.506 e. The van der Waals surface area contributed by atoms with Gasteiger partial charge in [0.25, 0.3) is 0 Å². The summed E-state index contributed by atoms with van der Waals surface area (Å²) >= 11 is 5.91. The number of amides is 2. The predicted octanol–water partition coefficient (Wildman–Crippen LogP) is 2.96. The highest BCUT2D eigenvalue weighted by Crippen LogP contribution is 2.27. The third kappa shape index (κ3) is 5.34. The molecule has 0 bridgehead atoms. The van der Waals surface area contributed by atoms with Crippen molar-refractivity contribution in [1.29, 1.82) is 0 Å². The van der Waals surface area contributed by atoms with E-state index in [-0.39, 0.29) is 28.5 Å². The summed E-state index contributed by atoms with van der Waals surface area (Å²) in [6, 6.07) is 13.1. The smallest absolute Gasteiger partial charge is 0.236 e. The van der Waals surface area contributed by atoms with Crippen LogP contribution in [-0.4, -0.2) is 72.5 Å². The van der Waals surface area contributed by atoms with Crippen molar-refractivity contribution in [1.82, 2.24) is 9.80 Å². The first-order chi connectivity index (χ1) is 15.4. The van der Waals surface area contributed by atoms with E-state index >= 15 is 0 Å². The fourth-order valence-electron chi connectivity index (χ4n) is 4.35. The molecule has 1 atom stereocenters. The Morgan fingerprint density at radius 1 is 1.09 bits per heavy atom. The topological polar surface area (TPSA) is 76.1 Å². The lowest BCUT2D eigenvalue weighted by Crippen LogP contribution is -2.51. The fourth-order valence-corrected chi connectivity index (χ4v) is 4.53. The molecular weight excluding hydrogens is 428 g/mol. The number of nitrogens with one attached hydrogen (secondary N) is 1. The van der Waals surface area contributed by atoms with Gasteiger partial charge in [0, 0.05) is 44.1 Å². The van der Waals surface area contributed by atoms with Crippen LogP contribution in [-0.2, 0) is 9.59 Å². The van der Waals surface area contributed by atoms with Crippen LogP contribution in [0.5, 0.6) is 5.75 Å². The molecule has 8 heteroatoms. The monoisotopic (exact) mass is 456 g/mol. The van der Waals surface area contributed by atoms with Crippen LogP contribution in [0.25, 0.3) is 0 Å². The zero-order valence-electron chi connectivity index (χ0n) is 18.3. The number of carbonyl (C=O) groups is 2. The lowest BCUT2D eigenvalue weighted by atomic mass is 10.1. The summed E-state index contributed by atoms with van der Waals surface area (Å²) in [6.07, 6.45) is 0.714. The third-order valence-electron chi connectivity index (χ3n) is 6.22. The summed E-state index contributed by atoms with van der Waals surface area (Å²) in [4.78, 5) is 31.7. The van der Waals surface area contributed by atoms with Crippen LogP contribution in [0.4, 0.5) is 11.4 Å². The van der Waals surface area contributed by atoms with Gasteiger partial charge < -0.3 is 20.2 Å². The largest absolute Gasteiger partial charge is 0.506 e. The summed E-state index contributed by atoms with van der Waals surface area (Å²) in [6.45, 7) is 6.81. The number of halogens is 1. The number of phenols is 1. The molecule has 0 aromatic heterocycles. The number of phenolic OH excluding ortho intramolecular Hbond substituents is 1. The Hall–Kier alpha value is -2.77. The highest BCUT2D eigenvalue weighted by Gasteiger charge is 2.31. The molecule has 0 unspecified atom stereocenters. The second-order valence-electron chi connectivity index (χ2n) is 8.58. The maximum absolute atomic E-state index is 12.8. The number of likely N-dealkylation sites (tertiary alicyclic amines) is 1. The molecule has 7 nitrogen and oxygen atoms in total. The molecule has 4 rings (SSSR count). The van der Waals surface area contributed by atoms with Gasteiger partial charge in [-0.25, -0.2) is 0 Å². The molecular formula is C24H29ClN4O3. The van der Waals surface area contributed by atoms with E-state index in [0.29, 0.717) is 38.3 Å². The Morgan fingerprint density at radius 3 is 2.59 bits per heavy atom. The summed E-state index contributed by atoms with van der Waals surface area (Å²) in [5, 5.41) is 12.6. The number of piperazine rings is 1. The summed E-state index contributed by atoms with van der Waals surface area (Å²) < 4.78 is 0. The summed E-state index contributed by atoms with van der Waals surface area (Å²) in [7, 11) is 0. The van der Waals surface area contributed by atoms with Gasteiger partial charge in [0.05, 0.1) is 17.5 Å². The lowest BCUT2D eigenvalue weighted by Gasteiger charge is -2.36. The van der Waals surface area contributed by atoms with Crippen LogP contribution >= 0.6 is 11.6 Å². The molecule has 2 N–H and O–H groups in total. The second-order valence-corrected chi connectivity index (χ2v) is 8.99. The summed E-state index contributed by atoms with van der Waals surface area (Å²) in [5.74, 6) is -0.155.